The molecule has 2 N–H and O–H groups in total. The van der Waals surface area contributed by atoms with Crippen molar-refractivity contribution in [1.29, 1.82) is 0 Å². The highest BCUT2D eigenvalue weighted by molar-refractivity contribution is 6.31. The molecule has 0 fully saturated rings. The Kier molecular flexibility index (Phi) is 16.3. The summed E-state index contributed by atoms with van der Waals surface area (Å²) in [7, 11) is 0. The third kappa shape index (κ3) is 16.4. The average Bonchev–Trinajstić information content (AvgIpc) is 3.14. The topological polar surface area (TPSA) is 159 Å². The number of amides is 2. The molecular weight excluding hydrogens is 781 g/mol. The summed E-state index contributed by atoms with van der Waals surface area (Å²) in [6.07, 6.45) is -0.722. The Hall–Kier alpha value is -6.08. The minimum Gasteiger partial charge on any atom is -0.461 e. The first-order valence-corrected chi connectivity index (χ1v) is 19.4. The number of rotatable bonds is 14. The number of halogens is 2. The van der Waals surface area contributed by atoms with Gasteiger partial charge in [-0.25, -0.2) is 23.8 Å². The van der Waals surface area contributed by atoms with Crippen molar-refractivity contribution in [2.24, 2.45) is 10.9 Å². The molecule has 4 aromatic carbocycles. The maximum atomic E-state index is 14.5. The van der Waals surface area contributed by atoms with Crippen LogP contribution in [-0.4, -0.2) is 47.1 Å². The van der Waals surface area contributed by atoms with E-state index in [-0.39, 0.29) is 59.6 Å². The first-order chi connectivity index (χ1) is 27.8. The molecule has 0 bridgehead atoms. The summed E-state index contributed by atoms with van der Waals surface area (Å²) < 4.78 is 36.1. The van der Waals surface area contributed by atoms with Gasteiger partial charge >= 0.3 is 24.1 Å². The maximum absolute atomic E-state index is 14.5. The van der Waals surface area contributed by atoms with Crippen LogP contribution < -0.4 is 15.4 Å². The molecule has 12 nitrogen and oxygen atoms in total. The van der Waals surface area contributed by atoms with Crippen molar-refractivity contribution in [3.05, 3.63) is 130 Å². The lowest BCUT2D eigenvalue weighted by molar-refractivity contribution is -0.150. The van der Waals surface area contributed by atoms with Gasteiger partial charge in [0.15, 0.2) is 0 Å². The smallest absolute Gasteiger partial charge is 0.414 e. The number of carbonyl (C=O) groups is 5. The lowest BCUT2D eigenvalue weighted by Crippen LogP contribution is -2.47. The van der Waals surface area contributed by atoms with Crippen molar-refractivity contribution in [3.8, 4) is 5.75 Å². The van der Waals surface area contributed by atoms with Crippen LogP contribution >= 0.6 is 11.6 Å². The Morgan fingerprint density at radius 3 is 1.97 bits per heavy atom. The Balaban J connectivity index is 1.33. The number of aliphatic imine (C=N–C) groups is 1. The molecule has 14 heteroatoms. The molecule has 4 aromatic rings. The van der Waals surface area contributed by atoms with Gasteiger partial charge in [0.05, 0.1) is 17.2 Å². The van der Waals surface area contributed by atoms with Crippen LogP contribution in [-0.2, 0) is 43.2 Å². The summed E-state index contributed by atoms with van der Waals surface area (Å²) in [5.74, 6) is -2.46. The minimum atomic E-state index is -0.859. The fourth-order valence-corrected chi connectivity index (χ4v) is 5.75. The molecule has 0 unspecified atom stereocenters. The quantitative estimate of drug-likeness (QED) is 0.0415. The average molecular weight is 830 g/mol. The predicted molar refractivity (Wildman–Crippen MR) is 221 cm³/mol. The second-order valence-electron chi connectivity index (χ2n) is 15.6. The van der Waals surface area contributed by atoms with Crippen LogP contribution in [0.15, 0.2) is 102 Å². The Morgan fingerprint density at radius 2 is 1.37 bits per heavy atom. The van der Waals surface area contributed by atoms with E-state index in [1.54, 1.807) is 65.8 Å². The maximum Gasteiger partial charge on any atom is 0.414 e. The van der Waals surface area contributed by atoms with E-state index in [1.807, 2.05) is 30.3 Å². The molecule has 0 aliphatic heterocycles. The number of alkyl carbamates (subject to hydrolysis) is 2. The monoisotopic (exact) mass is 829 g/mol. The summed E-state index contributed by atoms with van der Waals surface area (Å²) >= 11 is 6.50. The summed E-state index contributed by atoms with van der Waals surface area (Å²) in [6.45, 7) is 10.2. The number of esters is 2. The van der Waals surface area contributed by atoms with E-state index < -0.39 is 47.1 Å². The Morgan fingerprint density at radius 1 is 0.763 bits per heavy atom. The third-order valence-electron chi connectivity index (χ3n) is 8.19. The second-order valence-corrected chi connectivity index (χ2v) is 16.0. The summed E-state index contributed by atoms with van der Waals surface area (Å²) in [5.41, 5.74) is 0.559. The van der Waals surface area contributed by atoms with Gasteiger partial charge in [0.2, 0.25) is 5.96 Å². The SMILES string of the molecule is CC(C)(C)OC(=O)NC(=Nc1ccc(C(=O)Oc2ccc(CC(=O)CCC[C@@H](Cc3ccccc3F)C(=O)OCc3ccccc3)c(Cl)c2)cc1)NC(=O)OC(C)(C)C. The van der Waals surface area contributed by atoms with E-state index in [4.69, 9.17) is 30.5 Å². The number of nitrogens with zero attached hydrogens (tertiary/aromatic N) is 1. The summed E-state index contributed by atoms with van der Waals surface area (Å²) in [6, 6.07) is 25.9. The van der Waals surface area contributed by atoms with Crippen molar-refractivity contribution in [2.45, 2.75) is 91.5 Å². The zero-order valence-electron chi connectivity index (χ0n) is 33.9. The largest absolute Gasteiger partial charge is 0.461 e. The molecule has 0 aliphatic rings. The van der Waals surface area contributed by atoms with E-state index in [2.05, 4.69) is 15.6 Å². The van der Waals surface area contributed by atoms with Gasteiger partial charge in [0.1, 0.15) is 35.2 Å². The van der Waals surface area contributed by atoms with Crippen LogP contribution in [0.4, 0.5) is 19.7 Å². The number of nitrogens with one attached hydrogen (secondary N) is 2. The van der Waals surface area contributed by atoms with Crippen LogP contribution in [0.2, 0.25) is 5.02 Å². The van der Waals surface area contributed by atoms with Gasteiger partial charge in [-0.1, -0.05) is 66.2 Å². The lowest BCUT2D eigenvalue weighted by atomic mass is 9.92. The molecule has 0 aliphatic carbocycles. The third-order valence-corrected chi connectivity index (χ3v) is 8.55. The standard InChI is InChI=1S/C45H49ClFN3O9/c1-44(2,3)58-42(54)49-41(50-43(55)59-45(4,5)6)48-34-22-19-30(20-23-34)40(53)57-36-24-21-31(37(46)27-36)26-35(51)17-12-16-33(25-32-15-10-11-18-38(32)47)39(52)56-28-29-13-8-7-9-14-29/h7-11,13-15,18-24,27,33H,12,16-17,25-26,28H2,1-6H3,(H2,48,49,50,54,55)/t33-/m0/s1. The fraction of sp³-hybridized carbons (Fsp3) is 0.333. The number of hydrogen-bond acceptors (Lipinski definition) is 10. The number of ketones is 1. The summed E-state index contributed by atoms with van der Waals surface area (Å²) in [4.78, 5) is 68.2. The number of benzene rings is 4. The zero-order valence-corrected chi connectivity index (χ0v) is 34.7. The van der Waals surface area contributed by atoms with Crippen LogP contribution in [0.3, 0.4) is 0 Å². The molecule has 0 saturated carbocycles. The Bertz CT molecular complexity index is 2100. The highest BCUT2D eigenvalue weighted by Crippen LogP contribution is 2.26. The number of carbonyl (C=O) groups excluding carboxylic acids is 5. The second kappa shape index (κ2) is 21.1. The molecule has 4 rings (SSSR count). The Labute approximate surface area is 348 Å². The first-order valence-electron chi connectivity index (χ1n) is 19.0. The van der Waals surface area contributed by atoms with Crippen LogP contribution in [0.5, 0.6) is 5.75 Å². The van der Waals surface area contributed by atoms with Gasteiger partial charge in [-0.15, -0.1) is 0 Å². The number of guanidine groups is 1. The normalized spacial score (nSPS) is 11.7. The molecule has 312 valence electrons. The van der Waals surface area contributed by atoms with E-state index in [0.717, 1.165) is 5.56 Å². The van der Waals surface area contributed by atoms with Crippen molar-refractivity contribution < 1.29 is 47.3 Å². The van der Waals surface area contributed by atoms with Gasteiger partial charge in [0.25, 0.3) is 0 Å². The molecule has 0 aromatic heterocycles. The van der Waals surface area contributed by atoms with Crippen molar-refractivity contribution in [1.82, 2.24) is 10.6 Å². The van der Waals surface area contributed by atoms with Crippen LogP contribution in [0.1, 0.15) is 87.9 Å². The van der Waals surface area contributed by atoms with E-state index >= 15 is 0 Å². The molecular formula is C45H49ClFN3O9. The van der Waals surface area contributed by atoms with E-state index in [1.165, 1.54) is 42.5 Å². The fourth-order valence-electron chi connectivity index (χ4n) is 5.52. The van der Waals surface area contributed by atoms with Crippen molar-refractivity contribution >= 4 is 53.2 Å². The number of ether oxygens (including phenoxy) is 4. The van der Waals surface area contributed by atoms with Gasteiger partial charge in [-0.3, -0.25) is 20.2 Å². The number of hydrogen-bond donors (Lipinski definition) is 2. The molecule has 0 heterocycles. The zero-order chi connectivity index (χ0) is 43.2. The van der Waals surface area contributed by atoms with Gasteiger partial charge in [-0.05, 0) is 120 Å². The highest BCUT2D eigenvalue weighted by Gasteiger charge is 2.24. The minimum absolute atomic E-state index is 0.0129. The molecule has 1 atom stereocenters. The molecule has 2 amide bonds. The molecule has 0 spiro atoms. The van der Waals surface area contributed by atoms with Crippen LogP contribution in [0, 0.1) is 11.7 Å². The van der Waals surface area contributed by atoms with Gasteiger partial charge in [0, 0.05) is 17.9 Å². The molecule has 59 heavy (non-hydrogen) atoms. The first kappa shape index (κ1) is 45.6. The van der Waals surface area contributed by atoms with Crippen LogP contribution in [0.25, 0.3) is 0 Å². The predicted octanol–water partition coefficient (Wildman–Crippen LogP) is 9.62. The molecule has 0 radical (unpaired) electrons. The van der Waals surface area contributed by atoms with Gasteiger partial charge < -0.3 is 18.9 Å². The van der Waals surface area contributed by atoms with E-state index in [0.29, 0.717) is 24.0 Å². The van der Waals surface area contributed by atoms with Crippen molar-refractivity contribution in [3.63, 3.8) is 0 Å². The van der Waals surface area contributed by atoms with Gasteiger partial charge in [-0.2, -0.15) is 0 Å². The molecule has 0 saturated heterocycles. The number of Topliss-reactive ketones (excluding diaryl/α,β-unsaturated/α-hetero) is 1. The van der Waals surface area contributed by atoms with Crippen molar-refractivity contribution in [2.75, 3.05) is 0 Å². The summed E-state index contributed by atoms with van der Waals surface area (Å²) in [5, 5.41) is 5.00. The lowest BCUT2D eigenvalue weighted by Gasteiger charge is -2.22. The van der Waals surface area contributed by atoms with E-state index in [9.17, 15) is 28.4 Å². The highest BCUT2D eigenvalue weighted by atomic mass is 35.5.